The third-order valence-corrected chi connectivity index (χ3v) is 3.55. The van der Waals surface area contributed by atoms with Gasteiger partial charge >= 0.3 is 0 Å². The number of fused-ring (bicyclic) bond motifs is 1. The fourth-order valence-corrected chi connectivity index (χ4v) is 3.29. The van der Waals surface area contributed by atoms with E-state index in [-0.39, 0.29) is 22.9 Å². The van der Waals surface area contributed by atoms with Crippen molar-refractivity contribution in [3.8, 4) is 0 Å². The first-order chi connectivity index (χ1) is 9.07. The second kappa shape index (κ2) is 4.88. The van der Waals surface area contributed by atoms with E-state index in [1.165, 1.54) is 5.56 Å². The summed E-state index contributed by atoms with van der Waals surface area (Å²) in [5.41, 5.74) is 3.31. The topological polar surface area (TPSA) is 41.1 Å². The van der Waals surface area contributed by atoms with Crippen LogP contribution in [0.1, 0.15) is 58.2 Å². The van der Waals surface area contributed by atoms with Gasteiger partial charge in [-0.1, -0.05) is 38.5 Å². The Balaban J connectivity index is 2.22. The van der Waals surface area contributed by atoms with Crippen LogP contribution in [0.3, 0.4) is 0 Å². The quantitative estimate of drug-likeness (QED) is 0.880. The lowest BCUT2D eigenvalue weighted by Crippen LogP contribution is -2.46. The highest BCUT2D eigenvalue weighted by atomic mass is 16.2. The second-order valence-corrected chi connectivity index (χ2v) is 7.78. The Labute approximate surface area is 122 Å². The third kappa shape index (κ3) is 3.40. The number of rotatable bonds is 3. The molecule has 0 radical (unpaired) electrons. The van der Waals surface area contributed by atoms with E-state index in [0.29, 0.717) is 0 Å². The van der Waals surface area contributed by atoms with E-state index in [4.69, 9.17) is 0 Å². The molecule has 0 saturated carbocycles. The molecule has 0 aromatic heterocycles. The van der Waals surface area contributed by atoms with Crippen LogP contribution in [0.2, 0.25) is 0 Å². The summed E-state index contributed by atoms with van der Waals surface area (Å²) in [5.74, 6) is 0.0487. The van der Waals surface area contributed by atoms with Crippen LogP contribution >= 0.6 is 0 Å². The molecule has 3 nitrogen and oxygen atoms in total. The fourth-order valence-electron chi connectivity index (χ4n) is 3.29. The van der Waals surface area contributed by atoms with Gasteiger partial charge in [-0.05, 0) is 38.7 Å². The van der Waals surface area contributed by atoms with Crippen molar-refractivity contribution in [2.45, 2.75) is 59.5 Å². The van der Waals surface area contributed by atoms with Gasteiger partial charge in [0.25, 0.3) is 0 Å². The molecule has 1 heterocycles. The van der Waals surface area contributed by atoms with Gasteiger partial charge in [0.05, 0.1) is 0 Å². The summed E-state index contributed by atoms with van der Waals surface area (Å²) in [5, 5.41) is 6.49. The summed E-state index contributed by atoms with van der Waals surface area (Å²) in [6.07, 6.45) is 1.00. The predicted molar refractivity (Wildman–Crippen MR) is 83.8 cm³/mol. The summed E-state index contributed by atoms with van der Waals surface area (Å²) in [6.45, 7) is 13.1. The molecule has 0 aliphatic carbocycles. The first kappa shape index (κ1) is 15.0. The average Bonchev–Trinajstić information content (AvgIpc) is 2.52. The van der Waals surface area contributed by atoms with E-state index >= 15 is 0 Å². The maximum atomic E-state index is 12.2. The molecule has 0 bridgehead atoms. The van der Waals surface area contributed by atoms with Crippen molar-refractivity contribution in [3.63, 3.8) is 0 Å². The Morgan fingerprint density at radius 1 is 1.20 bits per heavy atom. The van der Waals surface area contributed by atoms with Crippen molar-refractivity contribution >= 4 is 11.6 Å². The second-order valence-electron chi connectivity index (χ2n) is 7.78. The number of anilines is 1. The molecular formula is C17H26N2O. The van der Waals surface area contributed by atoms with Gasteiger partial charge in [0, 0.05) is 16.8 Å². The van der Waals surface area contributed by atoms with Crippen LogP contribution < -0.4 is 10.6 Å². The lowest BCUT2D eigenvalue weighted by Gasteiger charge is -2.35. The third-order valence-electron chi connectivity index (χ3n) is 3.55. The van der Waals surface area contributed by atoms with Gasteiger partial charge in [-0.3, -0.25) is 10.1 Å². The zero-order chi connectivity index (χ0) is 15.1. The molecular weight excluding hydrogens is 248 g/mol. The Hall–Kier alpha value is -1.35. The van der Waals surface area contributed by atoms with Crippen LogP contribution in [0.4, 0.5) is 5.69 Å². The van der Waals surface area contributed by atoms with Crippen LogP contribution in [0, 0.1) is 12.3 Å². The molecule has 1 aromatic rings. The number of nitrogens with one attached hydrogen (secondary N) is 2. The van der Waals surface area contributed by atoms with Crippen LogP contribution in [-0.2, 0) is 4.79 Å². The first-order valence-corrected chi connectivity index (χ1v) is 7.27. The minimum absolute atomic E-state index is 0.0487. The monoisotopic (exact) mass is 274 g/mol. The Bertz CT molecular complexity index is 526. The standard InChI is InChI=1S/C17H26N2O/c1-11-7-8-13-12(9-11)14(15(20)18-13)19-17(5,6)10-16(2,3)4/h7-9,14,19H,10H2,1-6H3,(H,18,20). The van der Waals surface area contributed by atoms with Crippen molar-refractivity contribution in [2.24, 2.45) is 5.41 Å². The van der Waals surface area contributed by atoms with Crippen LogP contribution in [0.25, 0.3) is 0 Å². The van der Waals surface area contributed by atoms with Gasteiger partial charge in [0.2, 0.25) is 5.91 Å². The first-order valence-electron chi connectivity index (χ1n) is 7.27. The molecule has 1 aromatic carbocycles. The van der Waals surface area contributed by atoms with Crippen LogP contribution in [0.5, 0.6) is 0 Å². The largest absolute Gasteiger partial charge is 0.324 e. The average molecular weight is 274 g/mol. The minimum atomic E-state index is -0.248. The zero-order valence-electron chi connectivity index (χ0n) is 13.4. The Morgan fingerprint density at radius 3 is 2.45 bits per heavy atom. The van der Waals surface area contributed by atoms with Gasteiger partial charge in [-0.2, -0.15) is 0 Å². The minimum Gasteiger partial charge on any atom is -0.324 e. The summed E-state index contributed by atoms with van der Waals surface area (Å²) in [6, 6.07) is 5.86. The van der Waals surface area contributed by atoms with E-state index in [2.05, 4.69) is 58.2 Å². The highest BCUT2D eigenvalue weighted by molar-refractivity contribution is 6.02. The van der Waals surface area contributed by atoms with E-state index in [9.17, 15) is 4.79 Å². The number of aryl methyl sites for hydroxylation is 1. The molecule has 1 unspecified atom stereocenters. The molecule has 2 rings (SSSR count). The summed E-state index contributed by atoms with van der Waals surface area (Å²) >= 11 is 0. The van der Waals surface area contributed by atoms with Gasteiger partial charge in [0.15, 0.2) is 0 Å². The maximum Gasteiger partial charge on any atom is 0.246 e. The van der Waals surface area contributed by atoms with Gasteiger partial charge in [-0.15, -0.1) is 0 Å². The van der Waals surface area contributed by atoms with E-state index in [0.717, 1.165) is 17.7 Å². The van der Waals surface area contributed by atoms with Gasteiger partial charge < -0.3 is 5.32 Å². The van der Waals surface area contributed by atoms with Crippen molar-refractivity contribution in [2.75, 3.05) is 5.32 Å². The normalized spacial score (nSPS) is 18.9. The van der Waals surface area contributed by atoms with Crippen LogP contribution in [-0.4, -0.2) is 11.4 Å². The maximum absolute atomic E-state index is 12.2. The molecule has 110 valence electrons. The summed E-state index contributed by atoms with van der Waals surface area (Å²) in [4.78, 5) is 12.2. The van der Waals surface area contributed by atoms with E-state index in [1.807, 2.05) is 12.1 Å². The summed E-state index contributed by atoms with van der Waals surface area (Å²) < 4.78 is 0. The smallest absolute Gasteiger partial charge is 0.246 e. The molecule has 1 amide bonds. The van der Waals surface area contributed by atoms with E-state index < -0.39 is 0 Å². The highest BCUT2D eigenvalue weighted by Gasteiger charge is 2.36. The molecule has 2 N–H and O–H groups in total. The van der Waals surface area contributed by atoms with Crippen molar-refractivity contribution in [3.05, 3.63) is 29.3 Å². The SMILES string of the molecule is Cc1ccc2c(c1)C(NC(C)(C)CC(C)(C)C)C(=O)N2. The molecule has 20 heavy (non-hydrogen) atoms. The highest BCUT2D eigenvalue weighted by Crippen LogP contribution is 2.35. The Kier molecular flexibility index (Phi) is 3.67. The molecule has 0 saturated heterocycles. The van der Waals surface area contributed by atoms with Gasteiger partial charge in [0.1, 0.15) is 6.04 Å². The van der Waals surface area contributed by atoms with Crippen LogP contribution in [0.15, 0.2) is 18.2 Å². The zero-order valence-corrected chi connectivity index (χ0v) is 13.4. The van der Waals surface area contributed by atoms with Crippen molar-refractivity contribution < 1.29 is 4.79 Å². The number of benzene rings is 1. The van der Waals surface area contributed by atoms with Crippen molar-refractivity contribution in [1.82, 2.24) is 5.32 Å². The lowest BCUT2D eigenvalue weighted by atomic mass is 9.81. The molecule has 0 fully saturated rings. The number of hydrogen-bond donors (Lipinski definition) is 2. The predicted octanol–water partition coefficient (Wildman–Crippen LogP) is 3.79. The number of amides is 1. The number of hydrogen-bond acceptors (Lipinski definition) is 2. The Morgan fingerprint density at radius 2 is 1.85 bits per heavy atom. The molecule has 1 aliphatic rings. The van der Waals surface area contributed by atoms with Gasteiger partial charge in [-0.25, -0.2) is 0 Å². The molecule has 1 aliphatic heterocycles. The molecule has 3 heteroatoms. The molecule has 0 spiro atoms. The summed E-state index contributed by atoms with van der Waals surface area (Å²) in [7, 11) is 0. The van der Waals surface area contributed by atoms with Crippen molar-refractivity contribution in [1.29, 1.82) is 0 Å². The lowest BCUT2D eigenvalue weighted by molar-refractivity contribution is -0.118. The van der Waals surface area contributed by atoms with E-state index in [1.54, 1.807) is 0 Å². The number of carbonyl (C=O) groups is 1. The fraction of sp³-hybridized carbons (Fsp3) is 0.588. The number of carbonyl (C=O) groups excluding carboxylic acids is 1. The molecule has 1 atom stereocenters.